The Morgan fingerprint density at radius 3 is 2.81 bits per heavy atom. The summed E-state index contributed by atoms with van der Waals surface area (Å²) in [7, 11) is 0. The molecule has 1 aromatic heterocycles. The third-order valence-corrected chi connectivity index (χ3v) is 3.78. The molecule has 1 fully saturated rings. The maximum atomic E-state index is 12.0. The first-order valence-electron chi connectivity index (χ1n) is 5.38. The number of hydrogen-bond acceptors (Lipinski definition) is 5. The fourth-order valence-corrected chi connectivity index (χ4v) is 2.43. The number of carbonyl (C=O) groups excluding carboxylic acids is 1. The Labute approximate surface area is 98.1 Å². The highest BCUT2D eigenvalue weighted by atomic mass is 32.1. The highest BCUT2D eigenvalue weighted by Crippen LogP contribution is 2.21. The molecule has 0 aromatic carbocycles. The van der Waals surface area contributed by atoms with Crippen LogP contribution in [-0.4, -0.2) is 45.3 Å². The van der Waals surface area contributed by atoms with Crippen LogP contribution in [0.2, 0.25) is 0 Å². The van der Waals surface area contributed by atoms with E-state index in [0.29, 0.717) is 30.4 Å². The average Bonchev–Trinajstić information content (AvgIpc) is 2.84. The Hall–Kier alpha value is -1.01. The van der Waals surface area contributed by atoms with Gasteiger partial charge in [-0.25, -0.2) is 0 Å². The number of carbonyl (C=O) groups is 1. The molecule has 1 aromatic rings. The van der Waals surface area contributed by atoms with E-state index in [1.54, 1.807) is 4.90 Å². The lowest BCUT2D eigenvalue weighted by molar-refractivity contribution is 0.0763. The van der Waals surface area contributed by atoms with E-state index in [0.717, 1.165) is 5.01 Å². The van der Waals surface area contributed by atoms with Gasteiger partial charge in [-0.15, -0.1) is 10.2 Å². The van der Waals surface area contributed by atoms with Crippen LogP contribution in [-0.2, 0) is 0 Å². The smallest absolute Gasteiger partial charge is 0.284 e. The quantitative estimate of drug-likeness (QED) is 0.834. The van der Waals surface area contributed by atoms with Crippen LogP contribution in [0.1, 0.15) is 41.0 Å². The minimum Gasteiger partial charge on any atom is -0.391 e. The van der Waals surface area contributed by atoms with Gasteiger partial charge in [-0.05, 0) is 6.42 Å². The molecule has 2 heterocycles. The van der Waals surface area contributed by atoms with Gasteiger partial charge in [0.2, 0.25) is 5.01 Å². The third kappa shape index (κ3) is 2.22. The number of hydrogen-bond donors (Lipinski definition) is 1. The molecule has 1 atom stereocenters. The summed E-state index contributed by atoms with van der Waals surface area (Å²) >= 11 is 1.34. The Balaban J connectivity index is 2.09. The van der Waals surface area contributed by atoms with E-state index in [4.69, 9.17) is 0 Å². The zero-order valence-corrected chi connectivity index (χ0v) is 10.2. The van der Waals surface area contributed by atoms with Gasteiger partial charge >= 0.3 is 0 Å². The van der Waals surface area contributed by atoms with Crippen LogP contribution in [0.3, 0.4) is 0 Å². The van der Waals surface area contributed by atoms with Crippen LogP contribution in [0.4, 0.5) is 0 Å². The maximum Gasteiger partial charge on any atom is 0.284 e. The molecular weight excluding hydrogens is 226 g/mol. The molecule has 1 unspecified atom stereocenters. The van der Waals surface area contributed by atoms with E-state index in [9.17, 15) is 9.90 Å². The summed E-state index contributed by atoms with van der Waals surface area (Å²) in [4.78, 5) is 13.6. The molecule has 1 saturated heterocycles. The Morgan fingerprint density at radius 2 is 2.31 bits per heavy atom. The van der Waals surface area contributed by atoms with Gasteiger partial charge in [0.1, 0.15) is 5.01 Å². The Bertz CT molecular complexity index is 391. The van der Waals surface area contributed by atoms with E-state index in [1.165, 1.54) is 11.3 Å². The molecule has 0 saturated carbocycles. The maximum absolute atomic E-state index is 12.0. The first kappa shape index (κ1) is 11.5. The van der Waals surface area contributed by atoms with Crippen molar-refractivity contribution in [3.63, 3.8) is 0 Å². The van der Waals surface area contributed by atoms with Gasteiger partial charge in [0.05, 0.1) is 6.10 Å². The van der Waals surface area contributed by atoms with Crippen molar-refractivity contribution < 1.29 is 9.90 Å². The summed E-state index contributed by atoms with van der Waals surface area (Å²) in [5, 5.41) is 18.6. The van der Waals surface area contributed by atoms with Crippen LogP contribution in [0, 0.1) is 0 Å². The van der Waals surface area contributed by atoms with Gasteiger partial charge in [0.25, 0.3) is 5.91 Å². The molecular formula is C10H15N3O2S. The number of amides is 1. The first-order chi connectivity index (χ1) is 7.58. The Morgan fingerprint density at radius 1 is 1.56 bits per heavy atom. The van der Waals surface area contributed by atoms with Crippen LogP contribution in [0.5, 0.6) is 0 Å². The second-order valence-electron chi connectivity index (χ2n) is 4.29. The van der Waals surface area contributed by atoms with Crippen molar-refractivity contribution in [3.05, 3.63) is 10.0 Å². The largest absolute Gasteiger partial charge is 0.391 e. The van der Waals surface area contributed by atoms with Gasteiger partial charge in [-0.3, -0.25) is 4.79 Å². The van der Waals surface area contributed by atoms with E-state index >= 15 is 0 Å². The van der Waals surface area contributed by atoms with Gasteiger partial charge < -0.3 is 10.0 Å². The normalized spacial score (nSPS) is 20.8. The molecule has 16 heavy (non-hydrogen) atoms. The lowest BCUT2D eigenvalue weighted by Gasteiger charge is -2.12. The molecule has 1 aliphatic rings. The topological polar surface area (TPSA) is 66.3 Å². The van der Waals surface area contributed by atoms with E-state index in [-0.39, 0.29) is 12.0 Å². The van der Waals surface area contributed by atoms with Crippen molar-refractivity contribution in [1.29, 1.82) is 0 Å². The van der Waals surface area contributed by atoms with Crippen LogP contribution < -0.4 is 0 Å². The number of aliphatic hydroxyl groups is 1. The molecule has 5 nitrogen and oxygen atoms in total. The number of likely N-dealkylation sites (tertiary alicyclic amines) is 1. The van der Waals surface area contributed by atoms with Gasteiger partial charge in [-0.2, -0.15) is 0 Å². The van der Waals surface area contributed by atoms with E-state index in [2.05, 4.69) is 10.2 Å². The lowest BCUT2D eigenvalue weighted by atomic mass is 10.2. The van der Waals surface area contributed by atoms with Crippen molar-refractivity contribution in [2.24, 2.45) is 0 Å². The number of rotatable bonds is 2. The van der Waals surface area contributed by atoms with E-state index < -0.39 is 0 Å². The standard InChI is InChI=1S/C10H15N3O2S/c1-6(2)8-11-12-9(16-8)10(15)13-4-3-7(14)5-13/h6-7,14H,3-5H2,1-2H3. The lowest BCUT2D eigenvalue weighted by Crippen LogP contribution is -2.29. The van der Waals surface area contributed by atoms with Crippen LogP contribution in [0.15, 0.2) is 0 Å². The van der Waals surface area contributed by atoms with Gasteiger partial charge in [0, 0.05) is 19.0 Å². The molecule has 1 aliphatic heterocycles. The number of aliphatic hydroxyl groups excluding tert-OH is 1. The number of aromatic nitrogens is 2. The molecule has 88 valence electrons. The van der Waals surface area contributed by atoms with Crippen molar-refractivity contribution >= 4 is 17.2 Å². The van der Waals surface area contributed by atoms with Crippen molar-refractivity contribution in [2.45, 2.75) is 32.3 Å². The fraction of sp³-hybridized carbons (Fsp3) is 0.700. The minimum atomic E-state index is -0.388. The predicted octanol–water partition coefficient (Wildman–Crippen LogP) is 0.868. The van der Waals surface area contributed by atoms with Crippen LogP contribution in [0.25, 0.3) is 0 Å². The second kappa shape index (κ2) is 4.47. The predicted molar refractivity (Wildman–Crippen MR) is 60.5 cm³/mol. The average molecular weight is 241 g/mol. The van der Waals surface area contributed by atoms with Crippen molar-refractivity contribution in [1.82, 2.24) is 15.1 Å². The summed E-state index contributed by atoms with van der Waals surface area (Å²) in [6, 6.07) is 0. The van der Waals surface area contributed by atoms with Crippen molar-refractivity contribution in [2.75, 3.05) is 13.1 Å². The number of nitrogens with zero attached hydrogens (tertiary/aromatic N) is 3. The SMILES string of the molecule is CC(C)c1nnc(C(=O)N2CCC(O)C2)s1. The minimum absolute atomic E-state index is 0.110. The van der Waals surface area contributed by atoms with Gasteiger partial charge in [-0.1, -0.05) is 25.2 Å². The zero-order valence-electron chi connectivity index (χ0n) is 9.38. The monoisotopic (exact) mass is 241 g/mol. The van der Waals surface area contributed by atoms with Gasteiger partial charge in [0.15, 0.2) is 0 Å². The van der Waals surface area contributed by atoms with Crippen LogP contribution >= 0.6 is 11.3 Å². The molecule has 0 aliphatic carbocycles. The molecule has 6 heteroatoms. The van der Waals surface area contributed by atoms with Crippen molar-refractivity contribution in [3.8, 4) is 0 Å². The second-order valence-corrected chi connectivity index (χ2v) is 5.30. The molecule has 1 amide bonds. The summed E-state index contributed by atoms with van der Waals surface area (Å²) in [5.74, 6) is 0.184. The summed E-state index contributed by atoms with van der Waals surface area (Å²) in [6.07, 6.45) is 0.267. The van der Waals surface area contributed by atoms with E-state index in [1.807, 2.05) is 13.8 Å². The molecule has 0 bridgehead atoms. The fourth-order valence-electron chi connectivity index (χ4n) is 1.62. The Kier molecular flexibility index (Phi) is 3.20. The first-order valence-corrected chi connectivity index (χ1v) is 6.20. The number of β-amino-alcohol motifs (C(OH)–C–C–N with tert-alkyl or cyclic N) is 1. The molecule has 2 rings (SSSR count). The summed E-state index contributed by atoms with van der Waals surface area (Å²) in [5.41, 5.74) is 0. The summed E-state index contributed by atoms with van der Waals surface area (Å²) in [6.45, 7) is 5.06. The molecule has 0 radical (unpaired) electrons. The molecule has 1 N–H and O–H groups in total. The third-order valence-electron chi connectivity index (χ3n) is 2.57. The molecule has 0 spiro atoms. The highest BCUT2D eigenvalue weighted by Gasteiger charge is 2.27. The highest BCUT2D eigenvalue weighted by molar-refractivity contribution is 7.13. The zero-order chi connectivity index (χ0) is 11.7. The summed E-state index contributed by atoms with van der Waals surface area (Å²) < 4.78 is 0.